The molecule has 0 aromatic heterocycles. The standard InChI is InChI=1S/C24H25O2/c1-4-15-26-23-13-11-20(12-14-23)24(25,21-9-5-7-18(2)16-21)22-10-6-8-19(3)17-22/h5-14,16-17,25H,1,4,15H2,2-3H3. The first-order chi connectivity index (χ1) is 12.5. The molecule has 0 heterocycles. The zero-order valence-corrected chi connectivity index (χ0v) is 15.4. The summed E-state index contributed by atoms with van der Waals surface area (Å²) in [7, 11) is 0. The van der Waals surface area contributed by atoms with Crippen molar-refractivity contribution in [2.45, 2.75) is 25.9 Å². The van der Waals surface area contributed by atoms with Gasteiger partial charge in [-0.25, -0.2) is 0 Å². The second-order valence-corrected chi connectivity index (χ2v) is 6.68. The van der Waals surface area contributed by atoms with Gasteiger partial charge in [0, 0.05) is 0 Å². The molecule has 133 valence electrons. The number of hydrogen-bond donors (Lipinski definition) is 1. The van der Waals surface area contributed by atoms with Gasteiger partial charge in [-0.1, -0.05) is 71.8 Å². The van der Waals surface area contributed by atoms with E-state index in [-0.39, 0.29) is 0 Å². The summed E-state index contributed by atoms with van der Waals surface area (Å²) >= 11 is 0. The summed E-state index contributed by atoms with van der Waals surface area (Å²) in [6.07, 6.45) is 0.721. The fourth-order valence-electron chi connectivity index (χ4n) is 3.22. The number of rotatable bonds is 6. The van der Waals surface area contributed by atoms with E-state index in [0.29, 0.717) is 6.61 Å². The van der Waals surface area contributed by atoms with Crippen LogP contribution in [0, 0.1) is 20.8 Å². The van der Waals surface area contributed by atoms with E-state index in [0.717, 1.165) is 40.0 Å². The third-order valence-electron chi connectivity index (χ3n) is 4.56. The second-order valence-electron chi connectivity index (χ2n) is 6.68. The van der Waals surface area contributed by atoms with Crippen molar-refractivity contribution >= 4 is 0 Å². The highest BCUT2D eigenvalue weighted by Crippen LogP contribution is 2.37. The Kier molecular flexibility index (Phi) is 5.43. The summed E-state index contributed by atoms with van der Waals surface area (Å²) in [4.78, 5) is 0. The lowest BCUT2D eigenvalue weighted by Crippen LogP contribution is -2.29. The first-order valence-corrected chi connectivity index (χ1v) is 8.93. The lowest BCUT2D eigenvalue weighted by Gasteiger charge is -2.31. The van der Waals surface area contributed by atoms with Gasteiger partial charge < -0.3 is 9.84 Å². The maximum absolute atomic E-state index is 11.9. The molecule has 3 rings (SSSR count). The molecule has 0 amide bonds. The highest BCUT2D eigenvalue weighted by molar-refractivity contribution is 5.49. The molecular weight excluding hydrogens is 320 g/mol. The quantitative estimate of drug-likeness (QED) is 0.623. The van der Waals surface area contributed by atoms with E-state index in [1.165, 1.54) is 0 Å². The van der Waals surface area contributed by atoms with Gasteiger partial charge in [-0.2, -0.15) is 0 Å². The Morgan fingerprint density at radius 2 is 1.35 bits per heavy atom. The monoisotopic (exact) mass is 345 g/mol. The molecule has 0 aliphatic heterocycles. The lowest BCUT2D eigenvalue weighted by atomic mass is 9.79. The third-order valence-corrected chi connectivity index (χ3v) is 4.56. The fraction of sp³-hybridized carbons (Fsp3) is 0.208. The molecule has 0 saturated carbocycles. The summed E-state index contributed by atoms with van der Waals surface area (Å²) < 4.78 is 5.63. The number of aryl methyl sites for hydroxylation is 2. The topological polar surface area (TPSA) is 29.5 Å². The Hall–Kier alpha value is -2.58. The zero-order valence-electron chi connectivity index (χ0n) is 15.4. The summed E-state index contributed by atoms with van der Waals surface area (Å²) in [6.45, 7) is 8.45. The van der Waals surface area contributed by atoms with Crippen LogP contribution < -0.4 is 4.74 Å². The molecule has 2 nitrogen and oxygen atoms in total. The van der Waals surface area contributed by atoms with Crippen molar-refractivity contribution in [3.63, 3.8) is 0 Å². The van der Waals surface area contributed by atoms with Gasteiger partial charge in [-0.15, -0.1) is 0 Å². The van der Waals surface area contributed by atoms with Crippen molar-refractivity contribution in [1.82, 2.24) is 0 Å². The average molecular weight is 345 g/mol. The predicted octanol–water partition coefficient (Wildman–Crippen LogP) is 5.19. The van der Waals surface area contributed by atoms with E-state index in [4.69, 9.17) is 4.74 Å². The summed E-state index contributed by atoms with van der Waals surface area (Å²) in [5, 5.41) is 11.9. The molecule has 0 saturated heterocycles. The van der Waals surface area contributed by atoms with Crippen LogP contribution in [0.1, 0.15) is 34.2 Å². The number of aliphatic hydroxyl groups is 1. The van der Waals surface area contributed by atoms with E-state index >= 15 is 0 Å². The Balaban J connectivity index is 2.12. The molecule has 0 bridgehead atoms. The maximum atomic E-state index is 11.9. The predicted molar refractivity (Wildman–Crippen MR) is 106 cm³/mol. The Morgan fingerprint density at radius 3 is 1.81 bits per heavy atom. The van der Waals surface area contributed by atoms with Crippen LogP contribution in [0.5, 0.6) is 5.75 Å². The van der Waals surface area contributed by atoms with Crippen LogP contribution in [0.15, 0.2) is 72.8 Å². The maximum Gasteiger partial charge on any atom is 0.140 e. The first kappa shape index (κ1) is 18.2. The van der Waals surface area contributed by atoms with Crippen LogP contribution in [0.2, 0.25) is 0 Å². The summed E-state index contributed by atoms with van der Waals surface area (Å²) in [6, 6.07) is 23.7. The number of benzene rings is 3. The van der Waals surface area contributed by atoms with Crippen LogP contribution >= 0.6 is 0 Å². The van der Waals surface area contributed by atoms with Gasteiger partial charge in [-0.3, -0.25) is 0 Å². The minimum absolute atomic E-state index is 0.583. The van der Waals surface area contributed by atoms with Crippen molar-refractivity contribution in [2.75, 3.05) is 6.61 Å². The van der Waals surface area contributed by atoms with E-state index < -0.39 is 5.60 Å². The Labute approximate surface area is 156 Å². The van der Waals surface area contributed by atoms with E-state index in [2.05, 4.69) is 6.92 Å². The highest BCUT2D eigenvalue weighted by atomic mass is 16.5. The molecule has 1 N–H and O–H groups in total. The van der Waals surface area contributed by atoms with Gasteiger partial charge >= 0.3 is 0 Å². The molecule has 0 fully saturated rings. The van der Waals surface area contributed by atoms with E-state index in [1.54, 1.807) is 0 Å². The number of ether oxygens (including phenoxy) is 1. The van der Waals surface area contributed by atoms with Crippen LogP contribution in [0.25, 0.3) is 0 Å². The van der Waals surface area contributed by atoms with Crippen molar-refractivity contribution in [3.05, 3.63) is 108 Å². The zero-order chi connectivity index (χ0) is 18.6. The van der Waals surface area contributed by atoms with Gasteiger partial charge in [0.15, 0.2) is 0 Å². The Bertz CT molecular complexity index is 820. The van der Waals surface area contributed by atoms with Crippen LogP contribution in [-0.4, -0.2) is 11.7 Å². The molecule has 0 aliphatic carbocycles. The number of hydrogen-bond acceptors (Lipinski definition) is 2. The van der Waals surface area contributed by atoms with Gasteiger partial charge in [0.25, 0.3) is 0 Å². The largest absolute Gasteiger partial charge is 0.494 e. The van der Waals surface area contributed by atoms with Crippen molar-refractivity contribution in [1.29, 1.82) is 0 Å². The van der Waals surface area contributed by atoms with Crippen LogP contribution in [0.3, 0.4) is 0 Å². The lowest BCUT2D eigenvalue weighted by molar-refractivity contribution is 0.125. The van der Waals surface area contributed by atoms with Crippen LogP contribution in [0.4, 0.5) is 0 Å². The second kappa shape index (κ2) is 7.76. The van der Waals surface area contributed by atoms with Gasteiger partial charge in [-0.05, 0) is 56.0 Å². The van der Waals surface area contributed by atoms with Crippen molar-refractivity contribution < 1.29 is 9.84 Å². The first-order valence-electron chi connectivity index (χ1n) is 8.93. The molecule has 0 unspecified atom stereocenters. The van der Waals surface area contributed by atoms with Crippen LogP contribution in [-0.2, 0) is 5.60 Å². The molecule has 3 aromatic carbocycles. The molecule has 0 aliphatic rings. The van der Waals surface area contributed by atoms with E-state index in [9.17, 15) is 5.11 Å². The average Bonchev–Trinajstić information content (AvgIpc) is 2.66. The van der Waals surface area contributed by atoms with Gasteiger partial charge in [0.05, 0.1) is 6.61 Å². The van der Waals surface area contributed by atoms with E-state index in [1.807, 2.05) is 86.6 Å². The molecular formula is C24H25O2. The smallest absolute Gasteiger partial charge is 0.140 e. The minimum Gasteiger partial charge on any atom is -0.494 e. The van der Waals surface area contributed by atoms with Crippen molar-refractivity contribution in [2.24, 2.45) is 0 Å². The Morgan fingerprint density at radius 1 is 0.808 bits per heavy atom. The highest BCUT2D eigenvalue weighted by Gasteiger charge is 2.34. The molecule has 1 radical (unpaired) electrons. The normalized spacial score (nSPS) is 11.4. The molecule has 0 spiro atoms. The van der Waals surface area contributed by atoms with Gasteiger partial charge in [0.2, 0.25) is 0 Å². The van der Waals surface area contributed by atoms with Crippen molar-refractivity contribution in [3.8, 4) is 5.75 Å². The summed E-state index contributed by atoms with van der Waals surface area (Å²) in [5.74, 6) is 0.785. The molecule has 26 heavy (non-hydrogen) atoms. The fourth-order valence-corrected chi connectivity index (χ4v) is 3.22. The molecule has 0 atom stereocenters. The SMILES string of the molecule is [CH2]CCOc1ccc(C(O)(c2cccc(C)c2)c2cccc(C)c2)cc1. The molecule has 2 heteroatoms. The van der Waals surface area contributed by atoms with Gasteiger partial charge in [0.1, 0.15) is 11.4 Å². The third kappa shape index (κ3) is 3.66. The molecule has 3 aromatic rings. The summed E-state index contributed by atoms with van der Waals surface area (Å²) in [5.41, 5.74) is 3.54. The minimum atomic E-state index is -1.22.